The quantitative estimate of drug-likeness (QED) is 0.274. The van der Waals surface area contributed by atoms with Gasteiger partial charge in [0.15, 0.2) is 17.0 Å². The van der Waals surface area contributed by atoms with Crippen molar-refractivity contribution in [2.45, 2.75) is 6.55 Å². The summed E-state index contributed by atoms with van der Waals surface area (Å²) >= 11 is 0. The first-order valence-electron chi connectivity index (χ1n) is 11.9. The number of fused-ring (bicyclic) bond motifs is 1. The second kappa shape index (κ2) is 11.2. The lowest BCUT2D eigenvalue weighted by atomic mass is 10.2. The fourth-order valence-electron chi connectivity index (χ4n) is 3.86. The number of halogens is 2. The number of carbonyl (C=O) groups excluding carboxylic acids is 2. The molecule has 2 amide bonds. The van der Waals surface area contributed by atoms with Crippen LogP contribution in [0.5, 0.6) is 0 Å². The van der Waals surface area contributed by atoms with Crippen LogP contribution < -0.4 is 20.9 Å². The first-order valence-corrected chi connectivity index (χ1v) is 11.9. The zero-order valence-corrected chi connectivity index (χ0v) is 20.5. The third-order valence-corrected chi connectivity index (χ3v) is 5.78. The van der Waals surface area contributed by atoms with E-state index in [1.165, 1.54) is 23.3 Å². The van der Waals surface area contributed by atoms with E-state index in [9.17, 15) is 18.4 Å². The summed E-state index contributed by atoms with van der Waals surface area (Å²) in [6, 6.07) is 6.60. The van der Waals surface area contributed by atoms with Gasteiger partial charge in [-0.25, -0.2) is 9.67 Å². The van der Waals surface area contributed by atoms with E-state index in [-0.39, 0.29) is 18.4 Å². The van der Waals surface area contributed by atoms with E-state index in [2.05, 4.69) is 42.6 Å². The number of anilines is 4. The van der Waals surface area contributed by atoms with Crippen LogP contribution in [0.3, 0.4) is 0 Å². The Bertz CT molecular complexity index is 1500. The van der Waals surface area contributed by atoms with Crippen LogP contribution in [0.15, 0.2) is 55.6 Å². The molecule has 4 heterocycles. The summed E-state index contributed by atoms with van der Waals surface area (Å²) in [6.07, 6.45) is 5.08. The zero-order chi connectivity index (χ0) is 27.4. The Kier molecular flexibility index (Phi) is 7.40. The van der Waals surface area contributed by atoms with E-state index >= 15 is 0 Å². The molecule has 0 radical (unpaired) electrons. The second-order valence-corrected chi connectivity index (χ2v) is 8.39. The summed E-state index contributed by atoms with van der Waals surface area (Å²) in [7, 11) is 0. The van der Waals surface area contributed by atoms with Crippen LogP contribution in [0.25, 0.3) is 16.9 Å². The largest absolute Gasteiger partial charge is 0.378 e. The molecule has 3 aromatic heterocycles. The number of amides is 2. The Morgan fingerprint density at radius 2 is 1.82 bits per heavy atom. The number of alkyl halides is 2. The second-order valence-electron chi connectivity index (χ2n) is 8.39. The summed E-state index contributed by atoms with van der Waals surface area (Å²) in [5.74, 6) is -0.00269. The van der Waals surface area contributed by atoms with Gasteiger partial charge in [0.05, 0.1) is 37.8 Å². The molecule has 1 aromatic carbocycles. The highest BCUT2D eigenvalue weighted by molar-refractivity contribution is 5.99. The molecule has 0 saturated carbocycles. The van der Waals surface area contributed by atoms with Crippen LogP contribution >= 0.6 is 0 Å². The Morgan fingerprint density at radius 3 is 2.49 bits per heavy atom. The molecule has 3 N–H and O–H groups in total. The molecule has 5 rings (SSSR count). The first kappa shape index (κ1) is 25.7. The standard InChI is InChI=1S/C24H24F2N10O3/c1-2-18(37)30-15-3-5-16(6-4-15)31-19(38)12-27-21-20-22(33-24(32-21)34-7-9-39-10-8-34)35(14-28-20)17-11-29-36(13-17)23(25)26/h2-6,11,13-14,23H,1,7-10,12H2,(H,30,37)(H,31,38)(H,27,32,33). The lowest BCUT2D eigenvalue weighted by Crippen LogP contribution is -2.37. The molecular formula is C24H24F2N10O3. The van der Waals surface area contributed by atoms with Crippen molar-refractivity contribution in [3.63, 3.8) is 0 Å². The van der Waals surface area contributed by atoms with Gasteiger partial charge in [-0.3, -0.25) is 14.2 Å². The van der Waals surface area contributed by atoms with Crippen LogP contribution in [0, 0.1) is 0 Å². The molecule has 0 atom stereocenters. The van der Waals surface area contributed by atoms with Gasteiger partial charge >= 0.3 is 6.55 Å². The zero-order valence-electron chi connectivity index (χ0n) is 20.5. The number of nitrogens with one attached hydrogen (secondary N) is 3. The van der Waals surface area contributed by atoms with E-state index in [1.54, 1.807) is 24.3 Å². The number of ether oxygens (including phenoxy) is 1. The fraction of sp³-hybridized carbons (Fsp3) is 0.250. The minimum Gasteiger partial charge on any atom is -0.378 e. The molecule has 1 aliphatic rings. The third-order valence-electron chi connectivity index (χ3n) is 5.78. The maximum Gasteiger partial charge on any atom is 0.333 e. The Hall–Kier alpha value is -4.92. The molecule has 15 heteroatoms. The van der Waals surface area contributed by atoms with Crippen molar-refractivity contribution < 1.29 is 23.1 Å². The molecule has 0 bridgehead atoms. The summed E-state index contributed by atoms with van der Waals surface area (Å²) in [5.41, 5.74) is 2.15. The van der Waals surface area contributed by atoms with Crippen LogP contribution in [-0.4, -0.2) is 74.0 Å². The van der Waals surface area contributed by atoms with E-state index in [1.807, 2.05) is 4.90 Å². The number of benzene rings is 1. The van der Waals surface area contributed by atoms with Crippen molar-refractivity contribution >= 4 is 46.1 Å². The molecule has 39 heavy (non-hydrogen) atoms. The van der Waals surface area contributed by atoms with Gasteiger partial charge < -0.3 is 25.6 Å². The van der Waals surface area contributed by atoms with Crippen LogP contribution in [0.4, 0.5) is 31.9 Å². The van der Waals surface area contributed by atoms with Gasteiger partial charge in [0.25, 0.3) is 0 Å². The highest BCUT2D eigenvalue weighted by Gasteiger charge is 2.21. The Morgan fingerprint density at radius 1 is 1.10 bits per heavy atom. The monoisotopic (exact) mass is 538 g/mol. The van der Waals surface area contributed by atoms with Gasteiger partial charge in [0, 0.05) is 24.5 Å². The SMILES string of the molecule is C=CC(=O)Nc1ccc(NC(=O)CNc2nc(N3CCOCC3)nc3c2ncn3-c2cnn(C(F)F)c2)cc1. The predicted octanol–water partition coefficient (Wildman–Crippen LogP) is 2.42. The minimum absolute atomic E-state index is 0.139. The number of carbonyl (C=O) groups is 2. The topological polar surface area (TPSA) is 144 Å². The molecule has 1 aliphatic heterocycles. The van der Waals surface area contributed by atoms with Crippen molar-refractivity contribution in [3.8, 4) is 5.69 Å². The Labute approximate surface area is 220 Å². The molecule has 1 saturated heterocycles. The lowest BCUT2D eigenvalue weighted by molar-refractivity contribution is -0.114. The van der Waals surface area contributed by atoms with Gasteiger partial charge in [-0.1, -0.05) is 6.58 Å². The van der Waals surface area contributed by atoms with Crippen LogP contribution in [0.1, 0.15) is 6.55 Å². The molecular weight excluding hydrogens is 514 g/mol. The van der Waals surface area contributed by atoms with E-state index in [0.717, 1.165) is 6.08 Å². The van der Waals surface area contributed by atoms with Crippen LogP contribution in [-0.2, 0) is 14.3 Å². The highest BCUT2D eigenvalue weighted by Crippen LogP contribution is 2.26. The van der Waals surface area contributed by atoms with Gasteiger partial charge in [0.2, 0.25) is 17.8 Å². The number of nitrogens with zero attached hydrogens (tertiary/aromatic N) is 7. The first-order chi connectivity index (χ1) is 18.9. The number of hydrogen-bond acceptors (Lipinski definition) is 9. The highest BCUT2D eigenvalue weighted by atomic mass is 19.3. The molecule has 0 unspecified atom stereocenters. The maximum absolute atomic E-state index is 13.1. The number of imidazole rings is 1. The smallest absolute Gasteiger partial charge is 0.333 e. The Balaban J connectivity index is 1.36. The molecule has 4 aromatic rings. The average molecular weight is 539 g/mol. The lowest BCUT2D eigenvalue weighted by Gasteiger charge is -2.27. The number of hydrogen-bond donors (Lipinski definition) is 3. The van der Waals surface area contributed by atoms with Gasteiger partial charge in [0.1, 0.15) is 6.33 Å². The van der Waals surface area contributed by atoms with E-state index < -0.39 is 6.55 Å². The van der Waals surface area contributed by atoms with Crippen molar-refractivity contribution in [1.29, 1.82) is 0 Å². The number of rotatable bonds is 9. The summed E-state index contributed by atoms with van der Waals surface area (Å²) in [4.78, 5) is 39.6. The van der Waals surface area contributed by atoms with Gasteiger partial charge in [-0.15, -0.1) is 0 Å². The molecule has 0 spiro atoms. The number of aromatic nitrogens is 6. The number of morpholine rings is 1. The average Bonchev–Trinajstić information content (AvgIpc) is 3.61. The van der Waals surface area contributed by atoms with E-state index in [4.69, 9.17) is 4.74 Å². The van der Waals surface area contributed by atoms with Crippen molar-refractivity contribution in [1.82, 2.24) is 29.3 Å². The maximum atomic E-state index is 13.1. The predicted molar refractivity (Wildman–Crippen MR) is 139 cm³/mol. The third kappa shape index (κ3) is 5.82. The van der Waals surface area contributed by atoms with Crippen molar-refractivity contribution in [2.24, 2.45) is 0 Å². The molecule has 13 nitrogen and oxygen atoms in total. The van der Waals surface area contributed by atoms with Crippen molar-refractivity contribution in [3.05, 3.63) is 55.6 Å². The van der Waals surface area contributed by atoms with Crippen molar-refractivity contribution in [2.75, 3.05) is 53.7 Å². The summed E-state index contributed by atoms with van der Waals surface area (Å²) in [5, 5.41) is 12.1. The molecule has 202 valence electrons. The summed E-state index contributed by atoms with van der Waals surface area (Å²) < 4.78 is 33.7. The molecule has 1 fully saturated rings. The van der Waals surface area contributed by atoms with Gasteiger partial charge in [-0.2, -0.15) is 23.8 Å². The van der Waals surface area contributed by atoms with E-state index in [0.29, 0.717) is 71.0 Å². The van der Waals surface area contributed by atoms with Gasteiger partial charge in [-0.05, 0) is 30.3 Å². The fourth-order valence-corrected chi connectivity index (χ4v) is 3.86. The van der Waals surface area contributed by atoms with Crippen LogP contribution in [0.2, 0.25) is 0 Å². The normalized spacial score (nSPS) is 13.5. The summed E-state index contributed by atoms with van der Waals surface area (Å²) in [6.45, 7) is 2.61. The molecule has 0 aliphatic carbocycles. The minimum atomic E-state index is -2.79.